The fraction of sp³-hybridized carbons (Fsp3) is 0.444. The number of aliphatic carboxylic acids is 1. The predicted molar refractivity (Wildman–Crippen MR) is 92.4 cm³/mol. The van der Waals surface area contributed by atoms with Crippen molar-refractivity contribution in [2.24, 2.45) is 0 Å². The van der Waals surface area contributed by atoms with Crippen LogP contribution in [0, 0.1) is 0 Å². The Morgan fingerprint density at radius 1 is 1.32 bits per heavy atom. The molecule has 2 aromatic rings. The average Bonchev–Trinajstić information content (AvgIpc) is 2.83. The summed E-state index contributed by atoms with van der Waals surface area (Å²) in [5.41, 5.74) is 0.841. The van der Waals surface area contributed by atoms with Crippen LogP contribution in [0.3, 0.4) is 0 Å². The summed E-state index contributed by atoms with van der Waals surface area (Å²) in [6.07, 6.45) is 1.03. The maximum Gasteiger partial charge on any atom is 0.408 e. The van der Waals surface area contributed by atoms with Crippen LogP contribution in [-0.2, 0) is 22.5 Å². The SMILES string of the molecule is CC(C)(C)OC(=O)N[C@H](Cc1cn(CCF)c2ccccc12)C(=O)O. The summed E-state index contributed by atoms with van der Waals surface area (Å²) >= 11 is 0. The largest absolute Gasteiger partial charge is 0.480 e. The molecule has 7 heteroatoms. The Labute approximate surface area is 145 Å². The maximum absolute atomic E-state index is 12.7. The van der Waals surface area contributed by atoms with E-state index in [1.165, 1.54) is 0 Å². The second-order valence-corrected chi connectivity index (χ2v) is 6.80. The second-order valence-electron chi connectivity index (χ2n) is 6.80. The summed E-state index contributed by atoms with van der Waals surface area (Å²) in [6, 6.07) is 6.24. The van der Waals surface area contributed by atoms with Gasteiger partial charge in [-0.2, -0.15) is 0 Å². The van der Waals surface area contributed by atoms with Gasteiger partial charge in [0, 0.05) is 23.5 Å². The van der Waals surface area contributed by atoms with E-state index in [0.717, 1.165) is 16.5 Å². The summed E-state index contributed by atoms with van der Waals surface area (Å²) in [7, 11) is 0. The number of hydrogen-bond donors (Lipinski definition) is 2. The number of alkyl carbamates (subject to hydrolysis) is 1. The van der Waals surface area contributed by atoms with Gasteiger partial charge in [-0.1, -0.05) is 18.2 Å². The Morgan fingerprint density at radius 2 is 2.00 bits per heavy atom. The van der Waals surface area contributed by atoms with Crippen molar-refractivity contribution in [2.45, 2.75) is 45.4 Å². The van der Waals surface area contributed by atoms with E-state index >= 15 is 0 Å². The third-order valence-electron chi connectivity index (χ3n) is 3.61. The highest BCUT2D eigenvalue weighted by Crippen LogP contribution is 2.23. The van der Waals surface area contributed by atoms with Crippen LogP contribution in [0.5, 0.6) is 0 Å². The standard InChI is InChI=1S/C18H23FN2O4/c1-18(2,3)25-17(24)20-14(16(22)23)10-12-11-21(9-8-19)15-7-5-4-6-13(12)15/h4-7,11,14H,8-10H2,1-3H3,(H,20,24)(H,22,23)/t14-/m1/s1. The van der Waals surface area contributed by atoms with E-state index in [9.17, 15) is 19.1 Å². The number of ether oxygens (including phenoxy) is 1. The molecule has 0 aliphatic carbocycles. The number of carboxylic acid groups (broad SMARTS) is 1. The van der Waals surface area contributed by atoms with E-state index in [-0.39, 0.29) is 13.0 Å². The molecule has 0 saturated carbocycles. The van der Waals surface area contributed by atoms with Gasteiger partial charge < -0.3 is 19.7 Å². The van der Waals surface area contributed by atoms with E-state index < -0.39 is 30.4 Å². The summed E-state index contributed by atoms with van der Waals surface area (Å²) in [5, 5.41) is 12.7. The van der Waals surface area contributed by atoms with Gasteiger partial charge in [-0.05, 0) is 32.4 Å². The van der Waals surface area contributed by atoms with Gasteiger partial charge in [-0.15, -0.1) is 0 Å². The molecule has 0 radical (unpaired) electrons. The smallest absolute Gasteiger partial charge is 0.408 e. The third kappa shape index (κ3) is 4.95. The minimum Gasteiger partial charge on any atom is -0.480 e. The van der Waals surface area contributed by atoms with Crippen molar-refractivity contribution < 1.29 is 23.8 Å². The number of aryl methyl sites for hydroxylation is 1. The van der Waals surface area contributed by atoms with Gasteiger partial charge in [-0.3, -0.25) is 0 Å². The van der Waals surface area contributed by atoms with Crippen molar-refractivity contribution >= 4 is 23.0 Å². The number of amides is 1. The van der Waals surface area contributed by atoms with Crippen molar-refractivity contribution in [1.82, 2.24) is 9.88 Å². The topological polar surface area (TPSA) is 80.6 Å². The molecule has 1 amide bonds. The number of fused-ring (bicyclic) bond motifs is 1. The van der Waals surface area contributed by atoms with Gasteiger partial charge >= 0.3 is 12.1 Å². The lowest BCUT2D eigenvalue weighted by Gasteiger charge is -2.22. The van der Waals surface area contributed by atoms with Gasteiger partial charge in [0.2, 0.25) is 0 Å². The van der Waals surface area contributed by atoms with Crippen molar-refractivity contribution in [1.29, 1.82) is 0 Å². The zero-order chi connectivity index (χ0) is 18.6. The van der Waals surface area contributed by atoms with Gasteiger partial charge in [0.05, 0.1) is 6.54 Å². The van der Waals surface area contributed by atoms with Crippen LogP contribution in [0.2, 0.25) is 0 Å². The molecule has 25 heavy (non-hydrogen) atoms. The van der Waals surface area contributed by atoms with Crippen LogP contribution >= 0.6 is 0 Å². The van der Waals surface area contributed by atoms with Crippen LogP contribution in [0.4, 0.5) is 9.18 Å². The van der Waals surface area contributed by atoms with Crippen molar-refractivity contribution in [2.75, 3.05) is 6.67 Å². The van der Waals surface area contributed by atoms with Crippen molar-refractivity contribution in [3.05, 3.63) is 36.0 Å². The molecule has 0 unspecified atom stereocenters. The first-order valence-electron chi connectivity index (χ1n) is 8.06. The molecule has 0 saturated heterocycles. The summed E-state index contributed by atoms with van der Waals surface area (Å²) in [5.74, 6) is -1.16. The number of hydrogen-bond acceptors (Lipinski definition) is 3. The third-order valence-corrected chi connectivity index (χ3v) is 3.61. The van der Waals surface area contributed by atoms with Crippen LogP contribution in [0.25, 0.3) is 10.9 Å². The molecule has 1 heterocycles. The minimum absolute atomic E-state index is 0.0778. The number of halogens is 1. The van der Waals surface area contributed by atoms with Gasteiger partial charge in [-0.25, -0.2) is 14.0 Å². The highest BCUT2D eigenvalue weighted by Gasteiger charge is 2.25. The number of para-hydroxylation sites is 1. The molecular weight excluding hydrogens is 327 g/mol. The number of alkyl halides is 1. The number of aromatic nitrogens is 1. The number of rotatable bonds is 6. The Bertz CT molecular complexity index is 764. The number of nitrogens with one attached hydrogen (secondary N) is 1. The molecule has 0 fully saturated rings. The van der Waals surface area contributed by atoms with Crippen LogP contribution < -0.4 is 5.32 Å². The number of benzene rings is 1. The predicted octanol–water partition coefficient (Wildman–Crippen LogP) is 3.13. The molecule has 0 spiro atoms. The monoisotopic (exact) mass is 350 g/mol. The normalized spacial score (nSPS) is 12.8. The van der Waals surface area contributed by atoms with Crippen LogP contribution in [0.15, 0.2) is 30.5 Å². The van der Waals surface area contributed by atoms with E-state index in [4.69, 9.17) is 4.74 Å². The molecule has 2 N–H and O–H groups in total. The van der Waals surface area contributed by atoms with E-state index in [2.05, 4.69) is 5.32 Å². The van der Waals surface area contributed by atoms with E-state index in [0.29, 0.717) is 0 Å². The Kier molecular flexibility index (Phi) is 5.66. The first kappa shape index (κ1) is 18.8. The Balaban J connectivity index is 2.24. The molecule has 0 aliphatic rings. The molecule has 0 bridgehead atoms. The van der Waals surface area contributed by atoms with Crippen molar-refractivity contribution in [3.8, 4) is 0 Å². The van der Waals surface area contributed by atoms with Crippen LogP contribution in [0.1, 0.15) is 26.3 Å². The quantitative estimate of drug-likeness (QED) is 0.839. The highest BCUT2D eigenvalue weighted by molar-refractivity contribution is 5.86. The first-order valence-corrected chi connectivity index (χ1v) is 8.06. The van der Waals surface area contributed by atoms with Gasteiger partial charge in [0.1, 0.15) is 18.3 Å². The maximum atomic E-state index is 12.7. The molecule has 1 atom stereocenters. The average molecular weight is 350 g/mol. The fourth-order valence-electron chi connectivity index (χ4n) is 2.63. The number of carboxylic acids is 1. The number of carbonyl (C=O) groups is 2. The minimum atomic E-state index is -1.16. The van der Waals surface area contributed by atoms with E-state index in [1.807, 2.05) is 24.3 Å². The molecule has 0 aliphatic heterocycles. The lowest BCUT2D eigenvalue weighted by Crippen LogP contribution is -2.44. The molecule has 6 nitrogen and oxygen atoms in total. The zero-order valence-corrected chi connectivity index (χ0v) is 14.6. The zero-order valence-electron chi connectivity index (χ0n) is 14.6. The fourth-order valence-corrected chi connectivity index (χ4v) is 2.63. The molecule has 1 aromatic carbocycles. The first-order chi connectivity index (χ1) is 11.7. The molecule has 136 valence electrons. The van der Waals surface area contributed by atoms with Gasteiger partial charge in [0.15, 0.2) is 0 Å². The summed E-state index contributed by atoms with van der Waals surface area (Å²) < 4.78 is 19.6. The highest BCUT2D eigenvalue weighted by atomic mass is 19.1. The van der Waals surface area contributed by atoms with Crippen LogP contribution in [-0.4, -0.2) is 40.1 Å². The number of carbonyl (C=O) groups excluding carboxylic acids is 1. The second kappa shape index (κ2) is 7.55. The van der Waals surface area contributed by atoms with Crippen molar-refractivity contribution in [3.63, 3.8) is 0 Å². The summed E-state index contributed by atoms with van der Waals surface area (Å²) in [6.45, 7) is 4.78. The summed E-state index contributed by atoms with van der Waals surface area (Å²) in [4.78, 5) is 23.4. The molecular formula is C18H23FN2O4. The number of nitrogens with zero attached hydrogens (tertiary/aromatic N) is 1. The lowest BCUT2D eigenvalue weighted by atomic mass is 10.1. The molecule has 1 aromatic heterocycles. The van der Waals surface area contributed by atoms with E-state index in [1.54, 1.807) is 31.5 Å². The lowest BCUT2D eigenvalue weighted by molar-refractivity contribution is -0.139. The Morgan fingerprint density at radius 3 is 2.60 bits per heavy atom. The van der Waals surface area contributed by atoms with Gasteiger partial charge in [0.25, 0.3) is 0 Å². The molecule has 2 rings (SSSR count). The Hall–Kier alpha value is -2.57.